The molecule has 1 fully saturated rings. The summed E-state index contributed by atoms with van der Waals surface area (Å²) in [5.41, 5.74) is 2.77. The van der Waals surface area contributed by atoms with Gasteiger partial charge < -0.3 is 10.4 Å². The molecule has 1 aromatic carbocycles. The first-order valence-corrected chi connectivity index (χ1v) is 7.64. The van der Waals surface area contributed by atoms with Gasteiger partial charge in [0.15, 0.2) is 5.65 Å². The molecule has 0 bridgehead atoms. The molecule has 3 aromatic rings. The van der Waals surface area contributed by atoms with Crippen molar-refractivity contribution in [3.8, 4) is 11.4 Å². The van der Waals surface area contributed by atoms with Crippen LogP contribution < -0.4 is 5.32 Å². The standard InChI is InChI=1S/C17H18N4O/c22-14-5-3-13(4-6-14)21-16(10-12-7-9-18-11-12)20-15-2-1-8-19-17(15)21/h1-6,8,12,18,22H,7,9-11H2. The molecule has 4 rings (SSSR count). The van der Waals surface area contributed by atoms with Gasteiger partial charge in [-0.3, -0.25) is 4.57 Å². The highest BCUT2D eigenvalue weighted by Crippen LogP contribution is 2.24. The van der Waals surface area contributed by atoms with Gasteiger partial charge in [-0.1, -0.05) is 0 Å². The van der Waals surface area contributed by atoms with Crippen molar-refractivity contribution in [2.45, 2.75) is 12.8 Å². The van der Waals surface area contributed by atoms with Crippen LogP contribution in [0.15, 0.2) is 42.6 Å². The summed E-state index contributed by atoms with van der Waals surface area (Å²) in [5, 5.41) is 12.9. The number of pyridine rings is 1. The number of hydrogen-bond donors (Lipinski definition) is 2. The number of hydrogen-bond acceptors (Lipinski definition) is 4. The molecule has 1 aliphatic rings. The lowest BCUT2D eigenvalue weighted by atomic mass is 10.0. The number of benzene rings is 1. The van der Waals surface area contributed by atoms with E-state index in [-0.39, 0.29) is 5.75 Å². The highest BCUT2D eigenvalue weighted by molar-refractivity contribution is 5.73. The largest absolute Gasteiger partial charge is 0.508 e. The van der Waals surface area contributed by atoms with Crippen molar-refractivity contribution in [2.24, 2.45) is 5.92 Å². The predicted octanol–water partition coefficient (Wildman–Crippen LogP) is 2.28. The van der Waals surface area contributed by atoms with Crippen molar-refractivity contribution in [2.75, 3.05) is 13.1 Å². The van der Waals surface area contributed by atoms with Crippen LogP contribution in [0.1, 0.15) is 12.2 Å². The van der Waals surface area contributed by atoms with Crippen LogP contribution in [0.3, 0.4) is 0 Å². The molecule has 112 valence electrons. The van der Waals surface area contributed by atoms with Gasteiger partial charge in [0.2, 0.25) is 0 Å². The summed E-state index contributed by atoms with van der Waals surface area (Å²) in [6.07, 6.45) is 3.91. The van der Waals surface area contributed by atoms with Crippen LogP contribution in [0, 0.1) is 5.92 Å². The first-order valence-electron chi connectivity index (χ1n) is 7.64. The minimum Gasteiger partial charge on any atom is -0.508 e. The molecule has 0 saturated carbocycles. The fourth-order valence-electron chi connectivity index (χ4n) is 3.12. The Morgan fingerprint density at radius 2 is 2.09 bits per heavy atom. The molecule has 1 aliphatic heterocycles. The first-order chi connectivity index (χ1) is 10.8. The van der Waals surface area contributed by atoms with Crippen LogP contribution in [0.25, 0.3) is 16.9 Å². The number of fused-ring (bicyclic) bond motifs is 1. The monoisotopic (exact) mass is 294 g/mol. The Balaban J connectivity index is 1.83. The van der Waals surface area contributed by atoms with Crippen LogP contribution in [0.4, 0.5) is 0 Å². The number of nitrogens with one attached hydrogen (secondary N) is 1. The van der Waals surface area contributed by atoms with Crippen LogP contribution in [0.2, 0.25) is 0 Å². The minimum atomic E-state index is 0.266. The molecule has 0 spiro atoms. The van der Waals surface area contributed by atoms with Gasteiger partial charge in [-0.05, 0) is 61.8 Å². The number of imidazole rings is 1. The lowest BCUT2D eigenvalue weighted by molar-refractivity contribution is 0.475. The number of phenols is 1. The van der Waals surface area contributed by atoms with Gasteiger partial charge >= 0.3 is 0 Å². The van der Waals surface area contributed by atoms with Crippen LogP contribution >= 0.6 is 0 Å². The van der Waals surface area contributed by atoms with Crippen LogP contribution in [-0.2, 0) is 6.42 Å². The van der Waals surface area contributed by atoms with Crippen molar-refractivity contribution in [3.63, 3.8) is 0 Å². The normalized spacial score (nSPS) is 18.1. The van der Waals surface area contributed by atoms with E-state index in [1.165, 1.54) is 6.42 Å². The zero-order valence-corrected chi connectivity index (χ0v) is 12.2. The van der Waals surface area contributed by atoms with E-state index in [0.717, 1.165) is 42.2 Å². The Kier molecular flexibility index (Phi) is 3.27. The van der Waals surface area contributed by atoms with E-state index in [9.17, 15) is 5.11 Å². The van der Waals surface area contributed by atoms with E-state index in [1.807, 2.05) is 24.3 Å². The smallest absolute Gasteiger partial charge is 0.164 e. The second-order valence-electron chi connectivity index (χ2n) is 5.79. The van der Waals surface area contributed by atoms with Gasteiger partial charge in [0.25, 0.3) is 0 Å². The highest BCUT2D eigenvalue weighted by atomic mass is 16.3. The lowest BCUT2D eigenvalue weighted by Crippen LogP contribution is -2.13. The van der Waals surface area contributed by atoms with Gasteiger partial charge in [0.1, 0.15) is 17.1 Å². The second-order valence-corrected chi connectivity index (χ2v) is 5.79. The molecular weight excluding hydrogens is 276 g/mol. The topological polar surface area (TPSA) is 63.0 Å². The molecule has 0 amide bonds. The Labute approximate surface area is 128 Å². The average Bonchev–Trinajstić information content (AvgIpc) is 3.16. The summed E-state index contributed by atoms with van der Waals surface area (Å²) in [6, 6.07) is 11.1. The Morgan fingerprint density at radius 3 is 2.86 bits per heavy atom. The molecule has 2 N–H and O–H groups in total. The second kappa shape index (κ2) is 5.42. The van der Waals surface area contributed by atoms with E-state index >= 15 is 0 Å². The quantitative estimate of drug-likeness (QED) is 0.778. The van der Waals surface area contributed by atoms with Gasteiger partial charge in [0.05, 0.1) is 0 Å². The van der Waals surface area contributed by atoms with Crippen molar-refractivity contribution in [1.29, 1.82) is 0 Å². The van der Waals surface area contributed by atoms with Crippen molar-refractivity contribution < 1.29 is 5.11 Å². The molecule has 0 radical (unpaired) electrons. The minimum absolute atomic E-state index is 0.266. The van der Waals surface area contributed by atoms with Crippen LogP contribution in [0.5, 0.6) is 5.75 Å². The van der Waals surface area contributed by atoms with Crippen molar-refractivity contribution in [1.82, 2.24) is 19.9 Å². The molecule has 1 saturated heterocycles. The maximum Gasteiger partial charge on any atom is 0.164 e. The number of aromatic hydroxyl groups is 1. The zero-order chi connectivity index (χ0) is 14.9. The SMILES string of the molecule is Oc1ccc(-n2c(CC3CCNC3)nc3cccnc32)cc1. The van der Waals surface area contributed by atoms with E-state index in [0.29, 0.717) is 5.92 Å². The molecular formula is C17H18N4O. The van der Waals surface area contributed by atoms with Gasteiger partial charge in [0, 0.05) is 18.3 Å². The molecule has 5 nitrogen and oxygen atoms in total. The van der Waals surface area contributed by atoms with E-state index in [1.54, 1.807) is 18.3 Å². The Bertz CT molecular complexity index is 788. The number of aromatic nitrogens is 3. The molecule has 22 heavy (non-hydrogen) atoms. The van der Waals surface area contributed by atoms with E-state index in [2.05, 4.69) is 14.9 Å². The third-order valence-corrected chi connectivity index (χ3v) is 4.23. The van der Waals surface area contributed by atoms with Crippen LogP contribution in [-0.4, -0.2) is 32.7 Å². The van der Waals surface area contributed by atoms with Crippen molar-refractivity contribution >= 4 is 11.2 Å². The van der Waals surface area contributed by atoms with Gasteiger partial charge in [-0.15, -0.1) is 0 Å². The zero-order valence-electron chi connectivity index (χ0n) is 12.2. The summed E-state index contributed by atoms with van der Waals surface area (Å²) < 4.78 is 2.10. The number of rotatable bonds is 3. The predicted molar refractivity (Wildman–Crippen MR) is 85.2 cm³/mol. The highest BCUT2D eigenvalue weighted by Gasteiger charge is 2.20. The third-order valence-electron chi connectivity index (χ3n) is 4.23. The number of nitrogens with zero attached hydrogens (tertiary/aromatic N) is 3. The third kappa shape index (κ3) is 2.33. The summed E-state index contributed by atoms with van der Waals surface area (Å²) in [6.45, 7) is 2.13. The maximum atomic E-state index is 9.52. The fraction of sp³-hybridized carbons (Fsp3) is 0.294. The molecule has 0 aliphatic carbocycles. The summed E-state index contributed by atoms with van der Waals surface area (Å²) in [5.74, 6) is 1.92. The van der Waals surface area contributed by atoms with Gasteiger partial charge in [-0.25, -0.2) is 9.97 Å². The summed E-state index contributed by atoms with van der Waals surface area (Å²) >= 11 is 0. The fourth-order valence-corrected chi connectivity index (χ4v) is 3.12. The Hall–Kier alpha value is -2.40. The molecule has 5 heteroatoms. The van der Waals surface area contributed by atoms with Crippen molar-refractivity contribution in [3.05, 3.63) is 48.4 Å². The summed E-state index contributed by atoms with van der Waals surface area (Å²) in [7, 11) is 0. The summed E-state index contributed by atoms with van der Waals surface area (Å²) in [4.78, 5) is 9.28. The van der Waals surface area contributed by atoms with E-state index < -0.39 is 0 Å². The molecule has 2 aromatic heterocycles. The molecule has 1 atom stereocenters. The molecule has 3 heterocycles. The average molecular weight is 294 g/mol. The molecule has 1 unspecified atom stereocenters. The lowest BCUT2D eigenvalue weighted by Gasteiger charge is -2.11. The number of phenolic OH excluding ortho intramolecular Hbond substituents is 1. The first kappa shape index (κ1) is 13.3. The van der Waals surface area contributed by atoms with E-state index in [4.69, 9.17) is 4.98 Å². The van der Waals surface area contributed by atoms with Gasteiger partial charge in [-0.2, -0.15) is 0 Å². The Morgan fingerprint density at radius 1 is 1.23 bits per heavy atom. The maximum absolute atomic E-state index is 9.52.